The lowest BCUT2D eigenvalue weighted by Gasteiger charge is -2.10. The largest absolute Gasteiger partial charge is 0.497 e. The number of hydrogen-bond donors (Lipinski definition) is 2. The molecule has 0 unspecified atom stereocenters. The van der Waals surface area contributed by atoms with Crippen LogP contribution >= 0.6 is 0 Å². The van der Waals surface area contributed by atoms with Crippen molar-refractivity contribution in [1.29, 1.82) is 0 Å². The Morgan fingerprint density at radius 3 is 2.39 bits per heavy atom. The van der Waals surface area contributed by atoms with Crippen molar-refractivity contribution >= 4 is 32.5 Å². The molecule has 0 bridgehead atoms. The van der Waals surface area contributed by atoms with Gasteiger partial charge in [-0.3, -0.25) is 9.52 Å². The van der Waals surface area contributed by atoms with E-state index in [1.807, 2.05) is 18.3 Å². The molecule has 0 saturated heterocycles. The zero-order chi connectivity index (χ0) is 23.3. The van der Waals surface area contributed by atoms with Crippen molar-refractivity contribution in [3.8, 4) is 5.75 Å². The van der Waals surface area contributed by atoms with Crippen LogP contribution in [0.1, 0.15) is 16.8 Å². The van der Waals surface area contributed by atoms with Gasteiger partial charge in [-0.05, 0) is 72.5 Å². The molecule has 7 nitrogen and oxygen atoms in total. The number of rotatable bonds is 9. The van der Waals surface area contributed by atoms with Gasteiger partial charge in [-0.15, -0.1) is 0 Å². The maximum absolute atomic E-state index is 12.6. The number of sulfonamides is 1. The van der Waals surface area contributed by atoms with Crippen molar-refractivity contribution in [2.45, 2.75) is 17.9 Å². The first kappa shape index (κ1) is 22.4. The van der Waals surface area contributed by atoms with Gasteiger partial charge < -0.3 is 14.6 Å². The van der Waals surface area contributed by atoms with E-state index in [0.29, 0.717) is 23.5 Å². The number of ether oxygens (including phenoxy) is 1. The van der Waals surface area contributed by atoms with E-state index in [1.165, 1.54) is 35.2 Å². The van der Waals surface area contributed by atoms with E-state index in [-0.39, 0.29) is 10.8 Å². The molecular formula is C25H25N3O4S. The maximum atomic E-state index is 12.6. The molecule has 0 saturated carbocycles. The molecule has 1 amide bonds. The summed E-state index contributed by atoms with van der Waals surface area (Å²) in [7, 11) is -2.22. The lowest BCUT2D eigenvalue weighted by atomic mass is 10.2. The average molecular weight is 464 g/mol. The summed E-state index contributed by atoms with van der Waals surface area (Å²) in [5, 5.41) is 4.08. The molecule has 4 rings (SSSR count). The monoisotopic (exact) mass is 463 g/mol. The van der Waals surface area contributed by atoms with Crippen LogP contribution in [-0.2, 0) is 16.6 Å². The molecule has 170 valence electrons. The number of aromatic nitrogens is 1. The number of para-hydroxylation sites is 1. The van der Waals surface area contributed by atoms with E-state index in [0.717, 1.165) is 13.0 Å². The molecule has 0 atom stereocenters. The third-order valence-corrected chi connectivity index (χ3v) is 6.71. The van der Waals surface area contributed by atoms with Crippen molar-refractivity contribution in [2.24, 2.45) is 0 Å². The maximum Gasteiger partial charge on any atom is 0.261 e. The van der Waals surface area contributed by atoms with E-state index in [1.54, 1.807) is 31.4 Å². The third-order valence-electron chi connectivity index (χ3n) is 5.31. The highest BCUT2D eigenvalue weighted by Crippen LogP contribution is 2.20. The summed E-state index contributed by atoms with van der Waals surface area (Å²) in [6.07, 6.45) is 2.83. The topological polar surface area (TPSA) is 89.4 Å². The van der Waals surface area contributed by atoms with Gasteiger partial charge in [0.05, 0.1) is 12.0 Å². The van der Waals surface area contributed by atoms with Gasteiger partial charge >= 0.3 is 0 Å². The van der Waals surface area contributed by atoms with Crippen molar-refractivity contribution in [3.63, 3.8) is 0 Å². The zero-order valence-corrected chi connectivity index (χ0v) is 19.0. The molecule has 0 aliphatic heterocycles. The number of methoxy groups -OCH3 is 1. The van der Waals surface area contributed by atoms with Gasteiger partial charge in [-0.25, -0.2) is 8.42 Å². The Labute approximate surface area is 193 Å². The SMILES string of the molecule is COc1ccc(NS(=O)(=O)c2ccc(C(=O)NCCCn3ccc4ccccc43)cc2)cc1. The molecule has 1 heterocycles. The third kappa shape index (κ3) is 5.35. The predicted octanol–water partition coefficient (Wildman–Crippen LogP) is 4.27. The molecule has 8 heteroatoms. The van der Waals surface area contributed by atoms with Gasteiger partial charge in [-0.2, -0.15) is 0 Å². The minimum absolute atomic E-state index is 0.0781. The van der Waals surface area contributed by atoms with Gasteiger partial charge in [0, 0.05) is 36.1 Å². The highest BCUT2D eigenvalue weighted by molar-refractivity contribution is 7.92. The molecule has 2 N–H and O–H groups in total. The Morgan fingerprint density at radius 2 is 1.67 bits per heavy atom. The fourth-order valence-electron chi connectivity index (χ4n) is 3.55. The fraction of sp³-hybridized carbons (Fsp3) is 0.160. The van der Waals surface area contributed by atoms with Gasteiger partial charge in [0.1, 0.15) is 5.75 Å². The minimum atomic E-state index is -3.76. The van der Waals surface area contributed by atoms with Gasteiger partial charge in [-0.1, -0.05) is 18.2 Å². The first-order chi connectivity index (χ1) is 16.0. The highest BCUT2D eigenvalue weighted by Gasteiger charge is 2.15. The Morgan fingerprint density at radius 1 is 0.939 bits per heavy atom. The number of anilines is 1. The Bertz CT molecular complexity index is 1340. The number of fused-ring (bicyclic) bond motifs is 1. The first-order valence-corrected chi connectivity index (χ1v) is 12.0. The van der Waals surface area contributed by atoms with Crippen LogP contribution in [0.3, 0.4) is 0 Å². The van der Waals surface area contributed by atoms with Crippen molar-refractivity contribution in [2.75, 3.05) is 18.4 Å². The lowest BCUT2D eigenvalue weighted by Crippen LogP contribution is -2.25. The predicted molar refractivity (Wildman–Crippen MR) is 129 cm³/mol. The Kier molecular flexibility index (Phi) is 6.65. The molecule has 0 spiro atoms. The number of nitrogens with zero attached hydrogens (tertiary/aromatic N) is 1. The van der Waals surface area contributed by atoms with E-state index >= 15 is 0 Å². The van der Waals surface area contributed by atoms with Crippen LogP contribution in [0.15, 0.2) is 90.0 Å². The van der Waals surface area contributed by atoms with E-state index in [9.17, 15) is 13.2 Å². The van der Waals surface area contributed by atoms with Crippen LogP contribution in [0.25, 0.3) is 10.9 Å². The molecule has 0 fully saturated rings. The second kappa shape index (κ2) is 9.79. The first-order valence-electron chi connectivity index (χ1n) is 10.6. The van der Waals surface area contributed by atoms with Crippen LogP contribution in [-0.4, -0.2) is 32.5 Å². The summed E-state index contributed by atoms with van der Waals surface area (Å²) in [5.41, 5.74) is 2.00. The Balaban J connectivity index is 1.30. The molecule has 3 aromatic carbocycles. The highest BCUT2D eigenvalue weighted by atomic mass is 32.2. The second-order valence-electron chi connectivity index (χ2n) is 7.54. The number of carbonyl (C=O) groups is 1. The van der Waals surface area contributed by atoms with Crippen LogP contribution in [0.5, 0.6) is 5.75 Å². The molecule has 1 aromatic heterocycles. The summed E-state index contributed by atoms with van der Waals surface area (Å²) >= 11 is 0. The summed E-state index contributed by atoms with van der Waals surface area (Å²) < 4.78 is 35.0. The molecule has 0 aliphatic carbocycles. The van der Waals surface area contributed by atoms with E-state index in [4.69, 9.17) is 4.74 Å². The van der Waals surface area contributed by atoms with Crippen molar-refractivity contribution in [1.82, 2.24) is 9.88 Å². The number of carbonyl (C=O) groups excluding carboxylic acids is 1. The number of benzene rings is 3. The number of hydrogen-bond acceptors (Lipinski definition) is 4. The fourth-order valence-corrected chi connectivity index (χ4v) is 4.61. The van der Waals surface area contributed by atoms with Gasteiger partial charge in [0.2, 0.25) is 0 Å². The quantitative estimate of drug-likeness (QED) is 0.363. The van der Waals surface area contributed by atoms with Crippen LogP contribution in [0, 0.1) is 0 Å². The van der Waals surface area contributed by atoms with E-state index in [2.05, 4.69) is 32.8 Å². The van der Waals surface area contributed by atoms with Crippen molar-refractivity contribution in [3.05, 3.63) is 90.6 Å². The molecule has 4 aromatic rings. The smallest absolute Gasteiger partial charge is 0.261 e. The van der Waals surface area contributed by atoms with Crippen LogP contribution in [0.4, 0.5) is 5.69 Å². The zero-order valence-electron chi connectivity index (χ0n) is 18.2. The normalized spacial score (nSPS) is 11.3. The lowest BCUT2D eigenvalue weighted by molar-refractivity contribution is 0.0952. The van der Waals surface area contributed by atoms with Crippen molar-refractivity contribution < 1.29 is 17.9 Å². The van der Waals surface area contributed by atoms with Crippen LogP contribution in [0.2, 0.25) is 0 Å². The molecular weight excluding hydrogens is 438 g/mol. The average Bonchev–Trinajstić information content (AvgIpc) is 3.25. The number of nitrogens with one attached hydrogen (secondary N) is 2. The number of aryl methyl sites for hydroxylation is 1. The van der Waals surface area contributed by atoms with E-state index < -0.39 is 10.0 Å². The molecule has 0 aliphatic rings. The molecule has 33 heavy (non-hydrogen) atoms. The summed E-state index contributed by atoms with van der Waals surface area (Å²) in [6, 6.07) is 22.7. The minimum Gasteiger partial charge on any atom is -0.497 e. The summed E-state index contributed by atoms with van der Waals surface area (Å²) in [6.45, 7) is 1.31. The summed E-state index contributed by atoms with van der Waals surface area (Å²) in [4.78, 5) is 12.5. The summed E-state index contributed by atoms with van der Waals surface area (Å²) in [5.74, 6) is 0.398. The molecule has 0 radical (unpaired) electrons. The van der Waals surface area contributed by atoms with Crippen LogP contribution < -0.4 is 14.8 Å². The number of amides is 1. The Hall–Kier alpha value is -3.78. The van der Waals surface area contributed by atoms with Gasteiger partial charge in [0.25, 0.3) is 15.9 Å². The second-order valence-corrected chi connectivity index (χ2v) is 9.22. The standard InChI is InChI=1S/C25H25N3O4S/c1-32-22-11-9-21(10-12-22)27-33(30,31)23-13-7-20(8-14-23)25(29)26-16-4-17-28-18-15-19-5-2-3-6-24(19)28/h2-3,5-15,18,27H,4,16-17H2,1H3,(H,26,29). The van der Waals surface area contributed by atoms with Gasteiger partial charge in [0.15, 0.2) is 0 Å².